The van der Waals surface area contributed by atoms with Crippen molar-refractivity contribution in [3.8, 4) is 0 Å². The molecule has 1 amide bonds. The monoisotopic (exact) mass is 411 g/mol. The number of nitrogens with zero attached hydrogens (tertiary/aromatic N) is 1. The molecule has 0 radical (unpaired) electrons. The molecule has 0 N–H and O–H groups in total. The molecular formula is C16H25BCl3NO4. The predicted molar refractivity (Wildman–Crippen MR) is 101 cm³/mol. The first-order chi connectivity index (χ1) is 11.3. The summed E-state index contributed by atoms with van der Waals surface area (Å²) in [6.45, 7) is 10.2. The lowest BCUT2D eigenvalue weighted by Crippen LogP contribution is -2.41. The summed E-state index contributed by atoms with van der Waals surface area (Å²) in [5, 5.41) is 0. The minimum absolute atomic E-state index is 0.0524. The number of alkyl halides is 3. The van der Waals surface area contributed by atoms with E-state index in [1.54, 1.807) is 4.90 Å². The molecule has 0 unspecified atom stereocenters. The summed E-state index contributed by atoms with van der Waals surface area (Å²) in [5.41, 5.74) is 0.303. The Morgan fingerprint density at radius 1 is 1.32 bits per heavy atom. The van der Waals surface area contributed by atoms with Gasteiger partial charge >= 0.3 is 13.2 Å². The Morgan fingerprint density at radius 3 is 2.36 bits per heavy atom. The molecule has 25 heavy (non-hydrogen) atoms. The van der Waals surface area contributed by atoms with Crippen molar-refractivity contribution >= 4 is 48.0 Å². The zero-order chi connectivity index (χ0) is 19.0. The number of hydrogen-bond acceptors (Lipinski definition) is 4. The lowest BCUT2D eigenvalue weighted by atomic mass is 9.86. The molecule has 0 saturated carbocycles. The molecule has 9 heteroatoms. The van der Waals surface area contributed by atoms with E-state index < -0.39 is 17.0 Å². The number of hydrogen-bond donors (Lipinski definition) is 0. The van der Waals surface area contributed by atoms with Gasteiger partial charge in [0, 0.05) is 12.6 Å². The van der Waals surface area contributed by atoms with Gasteiger partial charge < -0.3 is 18.9 Å². The fourth-order valence-electron chi connectivity index (χ4n) is 2.90. The first-order valence-electron chi connectivity index (χ1n) is 8.40. The van der Waals surface area contributed by atoms with Crippen LogP contribution in [0.2, 0.25) is 0 Å². The van der Waals surface area contributed by atoms with Crippen LogP contribution in [0.15, 0.2) is 11.5 Å². The zero-order valence-electron chi connectivity index (χ0n) is 15.3. The lowest BCUT2D eigenvalue weighted by Gasteiger charge is -2.32. The van der Waals surface area contributed by atoms with Crippen molar-refractivity contribution < 1.29 is 18.8 Å². The second kappa shape index (κ2) is 7.47. The summed E-state index contributed by atoms with van der Waals surface area (Å²) in [6, 6.07) is 0.0524. The maximum absolute atomic E-state index is 12.3. The number of ether oxygens (including phenoxy) is 1. The van der Waals surface area contributed by atoms with Crippen LogP contribution < -0.4 is 0 Å². The first kappa shape index (κ1) is 21.2. The Kier molecular flexibility index (Phi) is 6.33. The molecule has 2 aliphatic rings. The number of amides is 1. The van der Waals surface area contributed by atoms with Crippen LogP contribution in [0, 0.1) is 0 Å². The number of halogens is 3. The van der Waals surface area contributed by atoms with Crippen molar-refractivity contribution in [3.05, 3.63) is 11.5 Å². The van der Waals surface area contributed by atoms with Gasteiger partial charge in [0.05, 0.1) is 11.2 Å². The molecule has 0 aromatic rings. The summed E-state index contributed by atoms with van der Waals surface area (Å²) in [7, 11) is -0.422. The molecule has 1 atom stereocenters. The van der Waals surface area contributed by atoms with E-state index in [0.717, 1.165) is 18.4 Å². The van der Waals surface area contributed by atoms with Crippen LogP contribution in [-0.4, -0.2) is 52.3 Å². The van der Waals surface area contributed by atoms with Crippen LogP contribution in [0.1, 0.15) is 47.5 Å². The Balaban J connectivity index is 2.02. The van der Waals surface area contributed by atoms with E-state index in [1.165, 1.54) is 0 Å². The molecule has 2 fully saturated rings. The number of rotatable bonds is 3. The number of carbonyl (C=O) groups excluding carboxylic acids is 1. The van der Waals surface area contributed by atoms with Gasteiger partial charge in [-0.2, -0.15) is 0 Å². The molecular weight excluding hydrogens is 387 g/mol. The summed E-state index contributed by atoms with van der Waals surface area (Å²) in [4.78, 5) is 13.9. The molecule has 142 valence electrons. The highest BCUT2D eigenvalue weighted by molar-refractivity contribution is 6.67. The van der Waals surface area contributed by atoms with Crippen LogP contribution in [0.5, 0.6) is 0 Å². The van der Waals surface area contributed by atoms with Crippen molar-refractivity contribution in [2.24, 2.45) is 0 Å². The van der Waals surface area contributed by atoms with Crippen molar-refractivity contribution in [1.82, 2.24) is 4.90 Å². The van der Waals surface area contributed by atoms with Crippen molar-refractivity contribution in [2.45, 2.75) is 68.5 Å². The summed E-state index contributed by atoms with van der Waals surface area (Å²) in [6.07, 6.45) is 1.09. The van der Waals surface area contributed by atoms with Gasteiger partial charge in [-0.15, -0.1) is 0 Å². The fourth-order valence-corrected chi connectivity index (χ4v) is 3.06. The molecule has 2 rings (SSSR count). The third-order valence-electron chi connectivity index (χ3n) is 5.02. The minimum Gasteiger partial charge on any atom is -0.445 e. The van der Waals surface area contributed by atoms with Gasteiger partial charge in [-0.25, -0.2) is 4.79 Å². The SMILES string of the molecule is CC[C@@H]1C/C(=C/B2OC(C)(C)C(C)(C)O2)CN1C(=O)OCC(Cl)(Cl)Cl. The second-order valence-corrected chi connectivity index (χ2v) is 10.0. The molecule has 0 aromatic carbocycles. The van der Waals surface area contributed by atoms with E-state index in [4.69, 9.17) is 48.8 Å². The Hall–Kier alpha value is -0.135. The Bertz CT molecular complexity index is 532. The van der Waals surface area contributed by atoms with E-state index in [1.807, 2.05) is 40.6 Å². The van der Waals surface area contributed by atoms with Crippen LogP contribution >= 0.6 is 34.8 Å². The van der Waals surface area contributed by atoms with Gasteiger partial charge in [0.2, 0.25) is 3.79 Å². The Labute approximate surface area is 165 Å². The molecule has 0 aromatic heterocycles. The third-order valence-corrected chi connectivity index (χ3v) is 5.35. The van der Waals surface area contributed by atoms with E-state index in [9.17, 15) is 4.79 Å². The average molecular weight is 413 g/mol. The van der Waals surface area contributed by atoms with Gasteiger partial charge in [0.25, 0.3) is 0 Å². The van der Waals surface area contributed by atoms with Crippen molar-refractivity contribution in [2.75, 3.05) is 13.2 Å². The molecule has 0 bridgehead atoms. The molecule has 0 aliphatic carbocycles. The maximum Gasteiger partial charge on any atom is 0.487 e. The van der Waals surface area contributed by atoms with Gasteiger partial charge in [-0.3, -0.25) is 0 Å². The Morgan fingerprint density at radius 2 is 1.88 bits per heavy atom. The standard InChI is InChI=1S/C16H25BCl3NO4/c1-6-12-7-11(8-17-24-14(2,3)15(4,5)25-17)9-21(12)13(22)23-10-16(18,19)20/h8,12H,6-7,9-10H2,1-5H3/b11-8-/t12-/m1/s1. The summed E-state index contributed by atoms with van der Waals surface area (Å²) < 4.78 is 15.5. The summed E-state index contributed by atoms with van der Waals surface area (Å²) in [5.74, 6) is 1.96. The third kappa shape index (κ3) is 5.19. The number of carbonyl (C=O) groups is 1. The van der Waals surface area contributed by atoms with E-state index in [0.29, 0.717) is 6.54 Å². The van der Waals surface area contributed by atoms with Crippen LogP contribution in [-0.2, 0) is 14.0 Å². The van der Waals surface area contributed by atoms with Crippen LogP contribution in [0.3, 0.4) is 0 Å². The predicted octanol–water partition coefficient (Wildman–Crippen LogP) is 4.54. The molecule has 0 spiro atoms. The lowest BCUT2D eigenvalue weighted by molar-refractivity contribution is 0.00578. The summed E-state index contributed by atoms with van der Waals surface area (Å²) >= 11 is 16.9. The highest BCUT2D eigenvalue weighted by Gasteiger charge is 2.50. The van der Waals surface area contributed by atoms with Gasteiger partial charge in [-0.1, -0.05) is 53.3 Å². The molecule has 2 saturated heterocycles. The first-order valence-corrected chi connectivity index (χ1v) is 9.53. The van der Waals surface area contributed by atoms with Crippen LogP contribution in [0.4, 0.5) is 4.79 Å². The smallest absolute Gasteiger partial charge is 0.445 e. The number of likely N-dealkylation sites (tertiary alicyclic amines) is 1. The highest BCUT2D eigenvalue weighted by atomic mass is 35.6. The molecule has 2 heterocycles. The van der Waals surface area contributed by atoms with Gasteiger partial charge in [0.15, 0.2) is 0 Å². The normalized spacial score (nSPS) is 27.2. The molecule has 5 nitrogen and oxygen atoms in total. The average Bonchev–Trinajstić information content (AvgIpc) is 2.93. The van der Waals surface area contributed by atoms with Crippen molar-refractivity contribution in [1.29, 1.82) is 0 Å². The topological polar surface area (TPSA) is 48.0 Å². The van der Waals surface area contributed by atoms with Crippen LogP contribution in [0.25, 0.3) is 0 Å². The maximum atomic E-state index is 12.3. The minimum atomic E-state index is -1.61. The molecule has 2 aliphatic heterocycles. The van der Waals surface area contributed by atoms with Gasteiger partial charge in [-0.05, 0) is 40.5 Å². The quantitative estimate of drug-likeness (QED) is 0.505. The zero-order valence-corrected chi connectivity index (χ0v) is 17.5. The van der Waals surface area contributed by atoms with E-state index in [2.05, 4.69) is 0 Å². The highest BCUT2D eigenvalue weighted by Crippen LogP contribution is 2.38. The van der Waals surface area contributed by atoms with Crippen molar-refractivity contribution in [3.63, 3.8) is 0 Å². The van der Waals surface area contributed by atoms with E-state index in [-0.39, 0.29) is 23.9 Å². The second-order valence-electron chi connectivity index (χ2n) is 7.51. The largest absolute Gasteiger partial charge is 0.487 e. The van der Waals surface area contributed by atoms with Gasteiger partial charge in [0.1, 0.15) is 6.61 Å². The fraction of sp³-hybridized carbons (Fsp3) is 0.812. The van der Waals surface area contributed by atoms with E-state index >= 15 is 0 Å².